The number of aliphatic hydroxyl groups excluding tert-OH is 2. The number of rotatable bonds is 6. The van der Waals surface area contributed by atoms with Crippen molar-refractivity contribution in [2.45, 2.75) is 19.3 Å². The van der Waals surface area contributed by atoms with Crippen molar-refractivity contribution in [3.63, 3.8) is 0 Å². The maximum absolute atomic E-state index is 12.5. The molecule has 2 rings (SSSR count). The maximum Gasteiger partial charge on any atom is 0.226 e. The minimum Gasteiger partial charge on any atom is -0.396 e. The molecule has 4 nitrogen and oxygen atoms in total. The molecule has 1 aliphatic rings. The molecule has 0 heterocycles. The van der Waals surface area contributed by atoms with Crippen molar-refractivity contribution < 1.29 is 15.0 Å². The molecule has 0 aliphatic heterocycles. The number of nitrogens with zero attached hydrogens (tertiary/aromatic N) is 1. The van der Waals surface area contributed by atoms with Crippen molar-refractivity contribution in [2.75, 3.05) is 26.8 Å². The van der Waals surface area contributed by atoms with E-state index in [4.69, 9.17) is 23.2 Å². The van der Waals surface area contributed by atoms with Gasteiger partial charge in [0, 0.05) is 35.0 Å². The van der Waals surface area contributed by atoms with E-state index >= 15 is 0 Å². The molecule has 2 unspecified atom stereocenters. The van der Waals surface area contributed by atoms with Gasteiger partial charge >= 0.3 is 0 Å². The highest BCUT2D eigenvalue weighted by molar-refractivity contribution is 6.34. The Balaban J connectivity index is 2.01. The van der Waals surface area contributed by atoms with E-state index in [-0.39, 0.29) is 31.0 Å². The highest BCUT2D eigenvalue weighted by atomic mass is 35.5. The average molecular weight is 346 g/mol. The van der Waals surface area contributed by atoms with Crippen LogP contribution in [-0.4, -0.2) is 47.8 Å². The second-order valence-electron chi connectivity index (χ2n) is 6.47. The Morgan fingerprint density at radius 2 is 1.82 bits per heavy atom. The average Bonchev–Trinajstić information content (AvgIpc) is 3.25. The van der Waals surface area contributed by atoms with E-state index in [9.17, 15) is 15.0 Å². The molecule has 1 amide bonds. The van der Waals surface area contributed by atoms with Crippen LogP contribution < -0.4 is 0 Å². The molecule has 1 saturated carbocycles. The molecule has 122 valence electrons. The van der Waals surface area contributed by atoms with Crippen LogP contribution in [0.25, 0.3) is 0 Å². The summed E-state index contributed by atoms with van der Waals surface area (Å²) in [6, 6.07) is 5.36. The molecule has 2 N–H and O–H groups in total. The van der Waals surface area contributed by atoms with Crippen molar-refractivity contribution in [3.8, 4) is 0 Å². The van der Waals surface area contributed by atoms with Crippen LogP contribution in [0.4, 0.5) is 0 Å². The van der Waals surface area contributed by atoms with Gasteiger partial charge in [0.1, 0.15) is 0 Å². The summed E-state index contributed by atoms with van der Waals surface area (Å²) in [5.74, 6) is 0.0797. The van der Waals surface area contributed by atoms with Crippen molar-refractivity contribution >= 4 is 29.1 Å². The molecule has 1 aliphatic carbocycles. The Morgan fingerprint density at radius 1 is 1.27 bits per heavy atom. The van der Waals surface area contributed by atoms with Crippen LogP contribution >= 0.6 is 23.2 Å². The third-order valence-electron chi connectivity index (χ3n) is 4.18. The number of hydrogen-bond donors (Lipinski definition) is 2. The first-order chi connectivity index (χ1) is 10.3. The van der Waals surface area contributed by atoms with Gasteiger partial charge in [0.2, 0.25) is 5.91 Å². The van der Waals surface area contributed by atoms with Gasteiger partial charge < -0.3 is 15.1 Å². The monoisotopic (exact) mass is 345 g/mol. The molecule has 22 heavy (non-hydrogen) atoms. The van der Waals surface area contributed by atoms with E-state index in [1.54, 1.807) is 24.9 Å². The summed E-state index contributed by atoms with van der Waals surface area (Å²) in [5, 5.41) is 19.8. The summed E-state index contributed by atoms with van der Waals surface area (Å²) in [7, 11) is 1.70. The van der Waals surface area contributed by atoms with Crippen molar-refractivity contribution in [1.82, 2.24) is 4.90 Å². The van der Waals surface area contributed by atoms with Gasteiger partial charge in [-0.1, -0.05) is 30.1 Å². The Kier molecular flexibility index (Phi) is 5.38. The van der Waals surface area contributed by atoms with Crippen LogP contribution in [0.5, 0.6) is 0 Å². The van der Waals surface area contributed by atoms with Gasteiger partial charge in [0.05, 0.1) is 13.2 Å². The Hall–Kier alpha value is -0.810. The van der Waals surface area contributed by atoms with Crippen molar-refractivity contribution in [1.29, 1.82) is 0 Å². The van der Waals surface area contributed by atoms with Gasteiger partial charge in [0.15, 0.2) is 0 Å². The lowest BCUT2D eigenvalue weighted by atomic mass is 9.92. The van der Waals surface area contributed by atoms with E-state index in [0.717, 1.165) is 12.0 Å². The summed E-state index contributed by atoms with van der Waals surface area (Å²) in [6.07, 6.45) is 0.773. The van der Waals surface area contributed by atoms with Crippen LogP contribution in [0.15, 0.2) is 18.2 Å². The predicted octanol–water partition coefficient (Wildman–Crippen LogP) is 2.55. The summed E-state index contributed by atoms with van der Waals surface area (Å²) < 4.78 is 0. The Bertz CT molecular complexity index is 540. The van der Waals surface area contributed by atoms with Crippen LogP contribution in [0.3, 0.4) is 0 Å². The fourth-order valence-electron chi connectivity index (χ4n) is 2.71. The van der Waals surface area contributed by atoms with Crippen LogP contribution in [0.2, 0.25) is 10.0 Å². The molecule has 0 radical (unpaired) electrons. The summed E-state index contributed by atoms with van der Waals surface area (Å²) in [6.45, 7) is 1.73. The van der Waals surface area contributed by atoms with E-state index in [1.165, 1.54) is 0 Å². The van der Waals surface area contributed by atoms with Gasteiger partial charge in [-0.25, -0.2) is 0 Å². The molecule has 1 aromatic rings. The first kappa shape index (κ1) is 17.5. The highest BCUT2D eigenvalue weighted by Crippen LogP contribution is 2.49. The smallest absolute Gasteiger partial charge is 0.226 e. The number of aliphatic hydroxyl groups is 2. The molecule has 0 spiro atoms. The molecule has 1 fully saturated rings. The largest absolute Gasteiger partial charge is 0.396 e. The van der Waals surface area contributed by atoms with Gasteiger partial charge in [-0.3, -0.25) is 4.79 Å². The normalized spacial score (nSPS) is 20.8. The molecule has 2 atom stereocenters. The quantitative estimate of drug-likeness (QED) is 0.832. The molecular weight excluding hydrogens is 325 g/mol. The minimum atomic E-state index is -0.686. The number of carbonyl (C=O) groups excluding carboxylic acids is 1. The fraction of sp³-hybridized carbons (Fsp3) is 0.562. The zero-order valence-electron chi connectivity index (χ0n) is 12.7. The number of halogens is 2. The summed E-state index contributed by atoms with van der Waals surface area (Å²) in [5.41, 5.74) is 0.296. The van der Waals surface area contributed by atoms with Gasteiger partial charge in [-0.05, 0) is 36.1 Å². The van der Waals surface area contributed by atoms with Crippen LogP contribution in [0, 0.1) is 11.3 Å². The standard InChI is InChI=1S/C16H21Cl2NO3/c1-16(8-20,9-21)7-19(2)15(22)14-6-13(14)10-3-11(17)5-12(18)4-10/h3-5,13-14,20-21H,6-9H2,1-2H3. The molecule has 6 heteroatoms. The Labute approximate surface area is 140 Å². The Morgan fingerprint density at radius 3 is 2.32 bits per heavy atom. The van der Waals surface area contributed by atoms with Gasteiger partial charge in [-0.15, -0.1) is 0 Å². The third-order valence-corrected chi connectivity index (χ3v) is 4.62. The van der Waals surface area contributed by atoms with Crippen LogP contribution in [-0.2, 0) is 4.79 Å². The van der Waals surface area contributed by atoms with Gasteiger partial charge in [0.25, 0.3) is 0 Å². The molecule has 0 saturated heterocycles. The molecule has 0 aromatic heterocycles. The number of carbonyl (C=O) groups is 1. The molecular formula is C16H21Cl2NO3. The first-order valence-corrected chi connectivity index (χ1v) is 7.98. The van der Waals surface area contributed by atoms with E-state index in [1.807, 2.05) is 12.1 Å². The van der Waals surface area contributed by atoms with E-state index in [0.29, 0.717) is 16.6 Å². The number of amides is 1. The third kappa shape index (κ3) is 3.93. The van der Waals surface area contributed by atoms with E-state index in [2.05, 4.69) is 0 Å². The second kappa shape index (κ2) is 6.75. The highest BCUT2D eigenvalue weighted by Gasteiger charge is 2.46. The lowest BCUT2D eigenvalue weighted by molar-refractivity contribution is -0.133. The van der Waals surface area contributed by atoms with E-state index < -0.39 is 5.41 Å². The zero-order chi connectivity index (χ0) is 16.5. The second-order valence-corrected chi connectivity index (χ2v) is 7.35. The maximum atomic E-state index is 12.5. The van der Waals surface area contributed by atoms with Crippen molar-refractivity contribution in [2.24, 2.45) is 11.3 Å². The summed E-state index contributed by atoms with van der Waals surface area (Å²) in [4.78, 5) is 14.1. The lowest BCUT2D eigenvalue weighted by Crippen LogP contribution is -2.42. The lowest BCUT2D eigenvalue weighted by Gasteiger charge is -2.30. The van der Waals surface area contributed by atoms with Crippen LogP contribution in [0.1, 0.15) is 24.8 Å². The molecule has 1 aromatic carbocycles. The fourth-order valence-corrected chi connectivity index (χ4v) is 3.25. The molecule has 0 bridgehead atoms. The van der Waals surface area contributed by atoms with Crippen molar-refractivity contribution in [3.05, 3.63) is 33.8 Å². The minimum absolute atomic E-state index is 0.0224. The summed E-state index contributed by atoms with van der Waals surface area (Å²) >= 11 is 12.0. The first-order valence-electron chi connectivity index (χ1n) is 7.22. The number of hydrogen-bond acceptors (Lipinski definition) is 3. The SMILES string of the molecule is CN(CC(C)(CO)CO)C(=O)C1CC1c1cc(Cl)cc(Cl)c1. The van der Waals surface area contributed by atoms with Gasteiger partial charge in [-0.2, -0.15) is 0 Å². The predicted molar refractivity (Wildman–Crippen MR) is 87.2 cm³/mol. The topological polar surface area (TPSA) is 60.8 Å². The zero-order valence-corrected chi connectivity index (χ0v) is 14.2. The number of benzene rings is 1.